The molecule has 1 unspecified atom stereocenters. The normalized spacial score (nSPS) is 27.2. The van der Waals surface area contributed by atoms with E-state index in [2.05, 4.69) is 21.5 Å². The Balaban J connectivity index is 1.52. The van der Waals surface area contributed by atoms with Crippen molar-refractivity contribution in [3.63, 3.8) is 0 Å². The van der Waals surface area contributed by atoms with E-state index in [4.69, 9.17) is 5.84 Å². The third-order valence-corrected chi connectivity index (χ3v) is 8.04. The highest BCUT2D eigenvalue weighted by molar-refractivity contribution is 8.15. The van der Waals surface area contributed by atoms with Crippen molar-refractivity contribution < 1.29 is 13.6 Å². The van der Waals surface area contributed by atoms with Crippen molar-refractivity contribution in [3.05, 3.63) is 70.8 Å². The Hall–Kier alpha value is -2.81. The van der Waals surface area contributed by atoms with E-state index in [-0.39, 0.29) is 23.4 Å². The van der Waals surface area contributed by atoms with Crippen LogP contribution < -0.4 is 5.84 Å². The summed E-state index contributed by atoms with van der Waals surface area (Å²) in [5.74, 6) is 3.80. The highest BCUT2D eigenvalue weighted by Gasteiger charge is 2.53. The Morgan fingerprint density at radius 1 is 1.16 bits per heavy atom. The molecular weight excluding hydrogens is 432 g/mol. The molecular formula is C23H23F2N5OS. The van der Waals surface area contributed by atoms with Gasteiger partial charge in [0.05, 0.1) is 6.04 Å². The van der Waals surface area contributed by atoms with Gasteiger partial charge in [0.15, 0.2) is 0 Å². The average molecular weight is 456 g/mol. The minimum Gasteiger partial charge on any atom is -0.305 e. The van der Waals surface area contributed by atoms with Crippen LogP contribution in [0, 0.1) is 17.6 Å². The van der Waals surface area contributed by atoms with Crippen LogP contribution in [0.5, 0.6) is 0 Å². The lowest BCUT2D eigenvalue weighted by Gasteiger charge is -2.36. The molecule has 1 amide bonds. The van der Waals surface area contributed by atoms with E-state index in [0.29, 0.717) is 24.3 Å². The molecule has 1 saturated carbocycles. The number of nitrogens with zero attached hydrogens (tertiary/aromatic N) is 4. The SMILES string of the molecule is NN=NC1CCC(C(=O)N2N=C(c3cc(F)ccc3F)SC23CCc2ccccc23)CC1. The molecule has 5 rings (SSSR count). The van der Waals surface area contributed by atoms with Gasteiger partial charge in [-0.3, -0.25) is 4.79 Å². The van der Waals surface area contributed by atoms with Gasteiger partial charge in [0.25, 0.3) is 0 Å². The van der Waals surface area contributed by atoms with E-state index >= 15 is 0 Å². The van der Waals surface area contributed by atoms with Gasteiger partial charge < -0.3 is 5.84 Å². The molecule has 1 aliphatic heterocycles. The number of amides is 1. The van der Waals surface area contributed by atoms with Crippen LogP contribution >= 0.6 is 11.8 Å². The summed E-state index contributed by atoms with van der Waals surface area (Å²) >= 11 is 1.35. The molecule has 1 spiro atoms. The number of hydrogen-bond acceptors (Lipinski definition) is 5. The smallest absolute Gasteiger partial charge is 0.247 e. The lowest BCUT2D eigenvalue weighted by Crippen LogP contribution is -2.43. The quantitative estimate of drug-likeness (QED) is 0.407. The van der Waals surface area contributed by atoms with Crippen LogP contribution in [0.15, 0.2) is 57.9 Å². The lowest BCUT2D eigenvalue weighted by atomic mass is 9.85. The summed E-state index contributed by atoms with van der Waals surface area (Å²) < 4.78 is 28.5. The molecule has 2 aliphatic carbocycles. The van der Waals surface area contributed by atoms with E-state index < -0.39 is 16.5 Å². The molecule has 2 aromatic carbocycles. The Bertz CT molecular complexity index is 1120. The number of aryl methyl sites for hydroxylation is 1. The molecule has 0 saturated heterocycles. The summed E-state index contributed by atoms with van der Waals surface area (Å²) in [5, 5.41) is 13.9. The predicted octanol–water partition coefficient (Wildman–Crippen LogP) is 4.89. The van der Waals surface area contributed by atoms with Crippen LogP contribution in [-0.2, 0) is 16.1 Å². The summed E-state index contributed by atoms with van der Waals surface area (Å²) in [6.45, 7) is 0. The van der Waals surface area contributed by atoms with Crippen LogP contribution in [0.25, 0.3) is 0 Å². The molecule has 9 heteroatoms. The highest BCUT2D eigenvalue weighted by atomic mass is 32.2. The Morgan fingerprint density at radius 2 is 1.94 bits per heavy atom. The second kappa shape index (κ2) is 8.27. The number of fused-ring (bicyclic) bond motifs is 2. The number of nitrogens with two attached hydrogens (primary N) is 1. The molecule has 3 aliphatic rings. The van der Waals surface area contributed by atoms with Crippen molar-refractivity contribution in [2.24, 2.45) is 27.2 Å². The van der Waals surface area contributed by atoms with Crippen molar-refractivity contribution in [1.82, 2.24) is 5.01 Å². The topological polar surface area (TPSA) is 83.4 Å². The number of hydrazone groups is 1. The second-order valence-corrected chi connectivity index (χ2v) is 9.73. The highest BCUT2D eigenvalue weighted by Crippen LogP contribution is 2.55. The minimum atomic E-state index is -0.740. The summed E-state index contributed by atoms with van der Waals surface area (Å²) in [6.07, 6.45) is 4.27. The summed E-state index contributed by atoms with van der Waals surface area (Å²) in [6, 6.07) is 11.3. The maximum atomic E-state index is 14.6. The molecule has 166 valence electrons. The van der Waals surface area contributed by atoms with Crippen LogP contribution in [0.3, 0.4) is 0 Å². The predicted molar refractivity (Wildman–Crippen MR) is 119 cm³/mol. The van der Waals surface area contributed by atoms with Gasteiger partial charge in [0.2, 0.25) is 5.91 Å². The van der Waals surface area contributed by atoms with E-state index in [1.54, 1.807) is 5.01 Å². The zero-order valence-corrected chi connectivity index (χ0v) is 18.2. The van der Waals surface area contributed by atoms with Crippen LogP contribution in [0.2, 0.25) is 0 Å². The maximum absolute atomic E-state index is 14.6. The van der Waals surface area contributed by atoms with Crippen molar-refractivity contribution in [3.8, 4) is 0 Å². The van der Waals surface area contributed by atoms with Gasteiger partial charge in [0, 0.05) is 11.5 Å². The van der Waals surface area contributed by atoms with Gasteiger partial charge in [-0.25, -0.2) is 13.8 Å². The Morgan fingerprint density at radius 3 is 2.72 bits per heavy atom. The standard InChI is InChI=1S/C23H23F2N5OS/c24-16-7-10-20(25)18(13-16)21-28-30(22(31)15-5-8-17(9-6-15)27-29-26)23(32-21)12-11-14-3-1-2-4-19(14)23/h1-4,7,10,13,15,17H,5-6,8-9,11-12H2,(H2,26,27). The number of carbonyl (C=O) groups excluding carboxylic acids is 1. The van der Waals surface area contributed by atoms with E-state index in [1.165, 1.54) is 11.8 Å². The second-order valence-electron chi connectivity index (χ2n) is 8.46. The molecule has 2 N–H and O–H groups in total. The molecule has 0 bridgehead atoms. The van der Waals surface area contributed by atoms with Crippen molar-refractivity contribution in [2.45, 2.75) is 49.4 Å². The van der Waals surface area contributed by atoms with Gasteiger partial charge in [-0.05, 0) is 67.9 Å². The first kappa shape index (κ1) is 21.1. The molecule has 6 nitrogen and oxygen atoms in total. The fourth-order valence-electron chi connectivity index (χ4n) is 4.98. The summed E-state index contributed by atoms with van der Waals surface area (Å²) in [5.41, 5.74) is 2.25. The number of rotatable bonds is 3. The molecule has 32 heavy (non-hydrogen) atoms. The zero-order valence-electron chi connectivity index (χ0n) is 17.4. The summed E-state index contributed by atoms with van der Waals surface area (Å²) in [7, 11) is 0. The van der Waals surface area contributed by atoms with Gasteiger partial charge in [-0.2, -0.15) is 10.2 Å². The molecule has 0 radical (unpaired) electrons. The van der Waals surface area contributed by atoms with Crippen LogP contribution in [-0.4, -0.2) is 22.0 Å². The third-order valence-electron chi connectivity index (χ3n) is 6.61. The lowest BCUT2D eigenvalue weighted by molar-refractivity contribution is -0.140. The third kappa shape index (κ3) is 3.48. The van der Waals surface area contributed by atoms with E-state index in [0.717, 1.165) is 48.6 Å². The maximum Gasteiger partial charge on any atom is 0.247 e. The Kier molecular flexibility index (Phi) is 5.44. The van der Waals surface area contributed by atoms with E-state index in [9.17, 15) is 13.6 Å². The van der Waals surface area contributed by atoms with Crippen molar-refractivity contribution >= 4 is 22.7 Å². The number of thioether (sulfide) groups is 1. The fraction of sp³-hybridized carbons (Fsp3) is 0.391. The first-order chi connectivity index (χ1) is 15.5. The first-order valence-corrected chi connectivity index (χ1v) is 11.6. The fourth-order valence-corrected chi connectivity index (χ4v) is 6.42. The molecule has 1 atom stereocenters. The molecule has 1 heterocycles. The molecule has 2 aromatic rings. The monoisotopic (exact) mass is 455 g/mol. The first-order valence-electron chi connectivity index (χ1n) is 10.8. The molecule has 0 aromatic heterocycles. The largest absolute Gasteiger partial charge is 0.305 e. The van der Waals surface area contributed by atoms with Crippen molar-refractivity contribution in [2.75, 3.05) is 0 Å². The number of halogens is 2. The Labute approximate surface area is 188 Å². The number of hydrogen-bond donors (Lipinski definition) is 1. The van der Waals surface area contributed by atoms with Crippen LogP contribution in [0.4, 0.5) is 8.78 Å². The van der Waals surface area contributed by atoms with Gasteiger partial charge in [0.1, 0.15) is 21.5 Å². The van der Waals surface area contributed by atoms with Gasteiger partial charge in [-0.15, -0.1) is 0 Å². The molecule has 1 fully saturated rings. The van der Waals surface area contributed by atoms with E-state index in [1.807, 2.05) is 18.2 Å². The number of carbonyl (C=O) groups is 1. The van der Waals surface area contributed by atoms with Crippen molar-refractivity contribution in [1.29, 1.82) is 0 Å². The zero-order chi connectivity index (χ0) is 22.3. The van der Waals surface area contributed by atoms with Crippen LogP contribution in [0.1, 0.15) is 48.8 Å². The van der Waals surface area contributed by atoms with Gasteiger partial charge >= 0.3 is 0 Å². The van der Waals surface area contributed by atoms with Gasteiger partial charge in [-0.1, -0.05) is 41.3 Å². The minimum absolute atomic E-state index is 0.0404. The number of benzene rings is 2. The summed E-state index contributed by atoms with van der Waals surface area (Å²) in [4.78, 5) is 13.0. The average Bonchev–Trinajstić information content (AvgIpc) is 3.38.